The lowest BCUT2D eigenvalue weighted by Gasteiger charge is -2.42. The topological polar surface area (TPSA) is 170 Å². The van der Waals surface area contributed by atoms with Gasteiger partial charge in [0.15, 0.2) is 12.6 Å². The highest BCUT2D eigenvalue weighted by Gasteiger charge is 2.45. The van der Waals surface area contributed by atoms with Crippen LogP contribution in [0, 0.1) is 10.8 Å². The van der Waals surface area contributed by atoms with E-state index in [1.165, 1.54) is 13.8 Å². The maximum Gasteiger partial charge on any atom is 0.335 e. The SMILES string of the molecule is C=C(C)C(=O)OCC1(COCC2(COC(=O)C(=C)C)COC(CP(=O)(OCC)OCC)OC2)COC(CP(=O)(OCC)OCC)OC1. The van der Waals surface area contributed by atoms with Gasteiger partial charge in [0.2, 0.25) is 0 Å². The van der Waals surface area contributed by atoms with Crippen molar-refractivity contribution in [3.05, 3.63) is 24.3 Å². The van der Waals surface area contributed by atoms with Crippen LogP contribution in [0.5, 0.6) is 0 Å². The van der Waals surface area contributed by atoms with Gasteiger partial charge in [0, 0.05) is 11.1 Å². The molecule has 17 heteroatoms. The first kappa shape index (κ1) is 41.7. The largest absolute Gasteiger partial charge is 0.461 e. The van der Waals surface area contributed by atoms with Crippen molar-refractivity contribution >= 4 is 27.1 Å². The minimum Gasteiger partial charge on any atom is -0.461 e. The van der Waals surface area contributed by atoms with Crippen LogP contribution in [0.15, 0.2) is 24.3 Å². The zero-order valence-electron chi connectivity index (χ0n) is 28.5. The number of hydrogen-bond donors (Lipinski definition) is 0. The summed E-state index contributed by atoms with van der Waals surface area (Å²) >= 11 is 0. The average molecular weight is 715 g/mol. The molecule has 2 saturated heterocycles. The van der Waals surface area contributed by atoms with Crippen molar-refractivity contribution in [3.63, 3.8) is 0 Å². The molecule has 0 aliphatic carbocycles. The van der Waals surface area contributed by atoms with Gasteiger partial charge in [0.1, 0.15) is 25.5 Å². The van der Waals surface area contributed by atoms with E-state index >= 15 is 0 Å². The van der Waals surface area contributed by atoms with Gasteiger partial charge in [-0.1, -0.05) is 13.2 Å². The molecule has 0 bridgehead atoms. The van der Waals surface area contributed by atoms with E-state index in [-0.39, 0.29) is 103 Å². The molecule has 0 atom stereocenters. The Hall–Kier alpha value is -1.48. The van der Waals surface area contributed by atoms with E-state index in [0.29, 0.717) is 0 Å². The van der Waals surface area contributed by atoms with Crippen molar-refractivity contribution in [2.24, 2.45) is 10.8 Å². The summed E-state index contributed by atoms with van der Waals surface area (Å²) in [6.07, 6.45) is -2.02. The van der Waals surface area contributed by atoms with Gasteiger partial charge >= 0.3 is 27.1 Å². The minimum atomic E-state index is -3.46. The summed E-state index contributed by atoms with van der Waals surface area (Å²) in [4.78, 5) is 24.5. The predicted molar refractivity (Wildman–Crippen MR) is 170 cm³/mol. The van der Waals surface area contributed by atoms with Crippen LogP contribution in [0.3, 0.4) is 0 Å². The highest BCUT2D eigenvalue weighted by atomic mass is 31.2. The first-order chi connectivity index (χ1) is 22.2. The summed E-state index contributed by atoms with van der Waals surface area (Å²) in [5, 5.41) is 0. The second-order valence-corrected chi connectivity index (χ2v) is 15.8. The van der Waals surface area contributed by atoms with Crippen LogP contribution in [0.25, 0.3) is 0 Å². The zero-order valence-corrected chi connectivity index (χ0v) is 30.3. The van der Waals surface area contributed by atoms with Gasteiger partial charge in [-0.15, -0.1) is 0 Å². The molecule has 0 N–H and O–H groups in total. The van der Waals surface area contributed by atoms with E-state index in [1.807, 2.05) is 0 Å². The maximum atomic E-state index is 13.0. The Labute approximate surface area is 277 Å². The summed E-state index contributed by atoms with van der Waals surface area (Å²) in [6, 6.07) is 0. The first-order valence-electron chi connectivity index (χ1n) is 15.6. The molecule has 0 saturated carbocycles. The summed E-state index contributed by atoms with van der Waals surface area (Å²) < 4.78 is 88.3. The van der Waals surface area contributed by atoms with Crippen molar-refractivity contribution < 1.29 is 70.0 Å². The van der Waals surface area contributed by atoms with E-state index in [2.05, 4.69) is 13.2 Å². The van der Waals surface area contributed by atoms with Gasteiger partial charge in [-0.25, -0.2) is 9.59 Å². The molecule has 2 aliphatic heterocycles. The third-order valence-corrected chi connectivity index (χ3v) is 11.0. The van der Waals surface area contributed by atoms with Crippen molar-refractivity contribution in [1.29, 1.82) is 0 Å². The predicted octanol–water partition coefficient (Wildman–Crippen LogP) is 4.49. The standard InChI is InChI=1S/C30H52O15P2/c1-9-42-46(33,43-10-2)13-25-36-17-29(18-37-25,21-40-27(31)23(5)6)15-35-16-30(22-41-28(32)24(7)8)19-38-26(39-20-30)14-47(34,44-11-3)45-12-4/h25-26H,5,7,9-22H2,1-4,6,8H3. The molecule has 0 aromatic carbocycles. The molecule has 0 aromatic heterocycles. The van der Waals surface area contributed by atoms with E-state index in [0.717, 1.165) is 0 Å². The van der Waals surface area contributed by atoms with Crippen LogP contribution >= 0.6 is 15.2 Å². The van der Waals surface area contributed by atoms with E-state index in [4.69, 9.17) is 51.3 Å². The Morgan fingerprint density at radius 1 is 0.617 bits per heavy atom. The van der Waals surface area contributed by atoms with Crippen LogP contribution in [-0.2, 0) is 70.0 Å². The lowest BCUT2D eigenvalue weighted by atomic mass is 9.89. The molecular formula is C30H52O15P2. The number of carbonyl (C=O) groups is 2. The summed E-state index contributed by atoms with van der Waals surface area (Å²) in [5.41, 5.74) is -1.49. The molecule has 0 radical (unpaired) electrons. The Bertz CT molecular complexity index is 1020. The number of esters is 2. The summed E-state index contributed by atoms with van der Waals surface area (Å²) in [7, 11) is -6.92. The van der Waals surface area contributed by atoms with E-state index in [9.17, 15) is 18.7 Å². The molecule has 0 spiro atoms. The molecule has 2 rings (SSSR count). The van der Waals surface area contributed by atoms with Gasteiger partial charge in [-0.3, -0.25) is 9.13 Å². The van der Waals surface area contributed by atoms with Gasteiger partial charge in [-0.2, -0.15) is 0 Å². The third-order valence-electron chi connectivity index (χ3n) is 6.88. The van der Waals surface area contributed by atoms with Crippen LogP contribution in [-0.4, -0.2) is 116 Å². The van der Waals surface area contributed by atoms with Crippen LogP contribution in [0.2, 0.25) is 0 Å². The number of carbonyl (C=O) groups excluding carboxylic acids is 2. The normalized spacial score (nSPS) is 25.2. The summed E-state index contributed by atoms with van der Waals surface area (Å²) in [5.74, 6) is -1.19. The van der Waals surface area contributed by atoms with Crippen molar-refractivity contribution in [2.45, 2.75) is 54.1 Å². The van der Waals surface area contributed by atoms with E-state index in [1.54, 1.807) is 27.7 Å². The van der Waals surface area contributed by atoms with Gasteiger partial charge < -0.3 is 51.3 Å². The first-order valence-corrected chi connectivity index (χ1v) is 19.1. The molecule has 15 nitrogen and oxygen atoms in total. The number of ether oxygens (including phenoxy) is 7. The number of rotatable bonds is 22. The zero-order chi connectivity index (χ0) is 35.1. The van der Waals surface area contributed by atoms with Crippen LogP contribution in [0.4, 0.5) is 0 Å². The lowest BCUT2D eigenvalue weighted by Crippen LogP contribution is -2.52. The monoisotopic (exact) mass is 714 g/mol. The second kappa shape index (κ2) is 19.6. The molecule has 272 valence electrons. The fourth-order valence-corrected chi connectivity index (χ4v) is 7.79. The van der Waals surface area contributed by atoms with Crippen molar-refractivity contribution in [2.75, 3.05) is 91.6 Å². The Morgan fingerprint density at radius 3 is 1.17 bits per heavy atom. The molecule has 0 unspecified atom stereocenters. The molecule has 0 aromatic rings. The van der Waals surface area contributed by atoms with E-state index < -0.39 is 50.5 Å². The maximum absolute atomic E-state index is 13.0. The van der Waals surface area contributed by atoms with Crippen LogP contribution in [0.1, 0.15) is 41.5 Å². The van der Waals surface area contributed by atoms with Crippen LogP contribution < -0.4 is 0 Å². The average Bonchev–Trinajstić information content (AvgIpc) is 3.01. The molecule has 2 fully saturated rings. The minimum absolute atomic E-state index is 0.0126. The highest BCUT2D eigenvalue weighted by molar-refractivity contribution is 7.54. The highest BCUT2D eigenvalue weighted by Crippen LogP contribution is 2.50. The Balaban J connectivity index is 2.15. The Kier molecular flexibility index (Phi) is 17.4. The summed E-state index contributed by atoms with van der Waals surface area (Å²) in [6.45, 7) is 17.7. The molecular weight excluding hydrogens is 662 g/mol. The van der Waals surface area contributed by atoms with Gasteiger partial charge in [-0.05, 0) is 41.5 Å². The molecule has 0 amide bonds. The van der Waals surface area contributed by atoms with Crippen molar-refractivity contribution in [3.8, 4) is 0 Å². The second-order valence-electron chi connectivity index (χ2n) is 11.6. The molecule has 2 aliphatic rings. The quantitative estimate of drug-likeness (QED) is 0.0872. The van der Waals surface area contributed by atoms with Gasteiger partial charge in [0.05, 0.1) is 76.9 Å². The molecule has 2 heterocycles. The number of hydrogen-bond acceptors (Lipinski definition) is 15. The smallest absolute Gasteiger partial charge is 0.335 e. The Morgan fingerprint density at radius 2 is 0.915 bits per heavy atom. The fourth-order valence-electron chi connectivity index (χ4n) is 4.49. The van der Waals surface area contributed by atoms with Gasteiger partial charge in [0.25, 0.3) is 0 Å². The molecule has 47 heavy (non-hydrogen) atoms. The fraction of sp³-hybridized carbons (Fsp3) is 0.800. The third kappa shape index (κ3) is 13.7. The lowest BCUT2D eigenvalue weighted by molar-refractivity contribution is -0.257. The van der Waals surface area contributed by atoms with Crippen molar-refractivity contribution in [1.82, 2.24) is 0 Å².